The Bertz CT molecular complexity index is 245. The van der Waals surface area contributed by atoms with Crippen LogP contribution in [0.25, 0.3) is 0 Å². The maximum Gasteiger partial charge on any atom is 0.307 e. The lowest BCUT2D eigenvalue weighted by Crippen LogP contribution is -2.26. The first-order chi connectivity index (χ1) is 9.59. The number of hydrogen-bond donors (Lipinski definition) is 0. The van der Waals surface area contributed by atoms with Crippen LogP contribution in [-0.4, -0.2) is 48.6 Å². The Labute approximate surface area is 132 Å². The van der Waals surface area contributed by atoms with Gasteiger partial charge in [0.25, 0.3) is 0 Å². The lowest BCUT2D eigenvalue weighted by Gasteiger charge is -2.10. The van der Waals surface area contributed by atoms with Crippen molar-refractivity contribution >= 4 is 16.9 Å². The highest BCUT2D eigenvalue weighted by atomic mass is 32.2. The number of unbranched alkanes of at least 4 members (excludes halogenated alkanes) is 9. The van der Waals surface area contributed by atoms with Crippen molar-refractivity contribution in [2.75, 3.05) is 33.9 Å². The summed E-state index contributed by atoms with van der Waals surface area (Å²) < 4.78 is 2.21. The van der Waals surface area contributed by atoms with Crippen LogP contribution in [0.5, 0.6) is 0 Å². The molecule has 3 heteroatoms. The van der Waals surface area contributed by atoms with E-state index in [1.54, 1.807) is 0 Å². The molecule has 0 aliphatic heterocycles. The van der Waals surface area contributed by atoms with Gasteiger partial charge < -0.3 is 0 Å². The molecule has 0 aromatic carbocycles. The Morgan fingerprint density at radius 1 is 0.800 bits per heavy atom. The van der Waals surface area contributed by atoms with E-state index in [0.29, 0.717) is 0 Å². The maximum absolute atomic E-state index is 2.29. The van der Waals surface area contributed by atoms with Crippen LogP contribution in [0.3, 0.4) is 0 Å². The van der Waals surface area contributed by atoms with Crippen molar-refractivity contribution in [1.82, 2.24) is 4.90 Å². The number of hydrogen-bond acceptors (Lipinski definition) is 1. The topological polar surface area (TPSA) is 6.25 Å². The molecule has 20 heavy (non-hydrogen) atoms. The van der Waals surface area contributed by atoms with Crippen LogP contribution >= 0.6 is 11.8 Å². The van der Waals surface area contributed by atoms with Crippen molar-refractivity contribution in [3.8, 4) is 0 Å². The van der Waals surface area contributed by atoms with Crippen molar-refractivity contribution in [3.05, 3.63) is 0 Å². The van der Waals surface area contributed by atoms with Gasteiger partial charge in [-0.2, -0.15) is 0 Å². The van der Waals surface area contributed by atoms with Crippen LogP contribution in [-0.2, 0) is 0 Å². The van der Waals surface area contributed by atoms with Crippen LogP contribution in [0.2, 0.25) is 0 Å². The van der Waals surface area contributed by atoms with Gasteiger partial charge in [0, 0.05) is 5.75 Å². The van der Waals surface area contributed by atoms with Crippen LogP contribution in [0.15, 0.2) is 0 Å². The Kier molecular flexibility index (Phi) is 13.7. The Morgan fingerprint density at radius 2 is 1.25 bits per heavy atom. The van der Waals surface area contributed by atoms with Crippen LogP contribution in [0, 0.1) is 0 Å². The second-order valence-corrected chi connectivity index (χ2v) is 7.16. The van der Waals surface area contributed by atoms with Gasteiger partial charge in [-0.25, -0.2) is 0 Å². The largest absolute Gasteiger partial charge is 0.307 e. The van der Waals surface area contributed by atoms with E-state index in [1.165, 1.54) is 75.1 Å². The predicted octanol–water partition coefficient (Wildman–Crippen LogP) is 4.83. The zero-order valence-corrected chi connectivity index (χ0v) is 15.4. The van der Waals surface area contributed by atoms with Gasteiger partial charge in [-0.3, -0.25) is 9.48 Å². The van der Waals surface area contributed by atoms with Gasteiger partial charge >= 0.3 is 5.17 Å². The molecule has 0 radical (unpaired) electrons. The molecule has 0 heterocycles. The van der Waals surface area contributed by atoms with Gasteiger partial charge in [0.2, 0.25) is 0 Å². The van der Waals surface area contributed by atoms with E-state index < -0.39 is 0 Å². The minimum atomic E-state index is 1.25. The number of amidine groups is 1. The number of rotatable bonds is 11. The van der Waals surface area contributed by atoms with E-state index in [4.69, 9.17) is 0 Å². The standard InChI is InChI=1S/C17H37N2S/c1-6-7-8-9-10-11-12-13-14-15-16-20-17(18(2)3)19(4)5/h6-16H2,1-5H3/q+1. The molecule has 0 fully saturated rings. The Hall–Kier alpha value is -0.180. The highest BCUT2D eigenvalue weighted by molar-refractivity contribution is 8.13. The highest BCUT2D eigenvalue weighted by Gasteiger charge is 2.11. The Balaban J connectivity index is 3.35. The molecule has 0 N–H and O–H groups in total. The molecule has 0 aromatic heterocycles. The molecule has 0 aliphatic carbocycles. The molecule has 2 nitrogen and oxygen atoms in total. The molecule has 120 valence electrons. The summed E-state index contributed by atoms with van der Waals surface area (Å²) in [6.07, 6.45) is 14.2. The fourth-order valence-corrected chi connectivity index (χ4v) is 3.46. The Morgan fingerprint density at radius 3 is 1.65 bits per heavy atom. The van der Waals surface area contributed by atoms with E-state index in [0.717, 1.165) is 0 Å². The van der Waals surface area contributed by atoms with Gasteiger partial charge in [-0.15, -0.1) is 0 Å². The second-order valence-electron chi connectivity index (χ2n) is 6.10. The summed E-state index contributed by atoms with van der Waals surface area (Å²) in [6, 6.07) is 0. The third-order valence-electron chi connectivity index (χ3n) is 3.49. The third-order valence-corrected chi connectivity index (χ3v) is 4.98. The third kappa shape index (κ3) is 11.6. The van der Waals surface area contributed by atoms with Crippen LogP contribution in [0.1, 0.15) is 71.1 Å². The van der Waals surface area contributed by atoms with Crippen molar-refractivity contribution in [2.45, 2.75) is 71.1 Å². The minimum Gasteiger partial charge on any atom is -0.262 e. The molecule has 0 unspecified atom stereocenters. The summed E-state index contributed by atoms with van der Waals surface area (Å²) in [5.74, 6) is 1.25. The zero-order valence-electron chi connectivity index (χ0n) is 14.6. The summed E-state index contributed by atoms with van der Waals surface area (Å²) in [6.45, 7) is 2.29. The molecular weight excluding hydrogens is 264 g/mol. The monoisotopic (exact) mass is 301 g/mol. The van der Waals surface area contributed by atoms with Gasteiger partial charge in [0.1, 0.15) is 0 Å². The van der Waals surface area contributed by atoms with Gasteiger partial charge in [0.15, 0.2) is 0 Å². The molecule has 0 atom stereocenters. The quantitative estimate of drug-likeness (QED) is 0.233. The predicted molar refractivity (Wildman–Crippen MR) is 95.1 cm³/mol. The van der Waals surface area contributed by atoms with Gasteiger partial charge in [-0.1, -0.05) is 64.7 Å². The maximum atomic E-state index is 2.29. The first-order valence-electron chi connectivity index (χ1n) is 8.44. The molecule has 0 aliphatic rings. The zero-order chi connectivity index (χ0) is 15.2. The first-order valence-corrected chi connectivity index (χ1v) is 9.42. The first kappa shape index (κ1) is 19.8. The summed E-state index contributed by atoms with van der Waals surface area (Å²) in [5, 5.41) is 1.36. The molecule has 0 amide bonds. The molecule has 0 rings (SSSR count). The summed E-state index contributed by atoms with van der Waals surface area (Å²) in [5.41, 5.74) is 0. The van der Waals surface area contributed by atoms with E-state index in [2.05, 4.69) is 44.6 Å². The van der Waals surface area contributed by atoms with E-state index in [-0.39, 0.29) is 0 Å². The van der Waals surface area contributed by atoms with Crippen molar-refractivity contribution in [3.63, 3.8) is 0 Å². The smallest absolute Gasteiger partial charge is 0.262 e. The van der Waals surface area contributed by atoms with E-state index >= 15 is 0 Å². The van der Waals surface area contributed by atoms with Gasteiger partial charge in [0.05, 0.1) is 28.2 Å². The average molecular weight is 302 g/mol. The summed E-state index contributed by atoms with van der Waals surface area (Å²) in [7, 11) is 8.50. The fourth-order valence-electron chi connectivity index (χ4n) is 2.41. The summed E-state index contributed by atoms with van der Waals surface area (Å²) in [4.78, 5) is 2.21. The summed E-state index contributed by atoms with van der Waals surface area (Å²) >= 11 is 1.98. The molecule has 0 bridgehead atoms. The SMILES string of the molecule is CCCCCCCCCCCCSC(N(C)C)=[N+](C)C. The molecule has 0 spiro atoms. The normalized spacial score (nSPS) is 10.7. The van der Waals surface area contributed by atoms with Crippen molar-refractivity contribution in [1.29, 1.82) is 0 Å². The average Bonchev–Trinajstić information content (AvgIpc) is 2.39. The molecule has 0 aromatic rings. The van der Waals surface area contributed by atoms with Crippen molar-refractivity contribution < 1.29 is 4.58 Å². The second kappa shape index (κ2) is 13.8. The lowest BCUT2D eigenvalue weighted by atomic mass is 10.1. The number of nitrogens with zero attached hydrogens (tertiary/aromatic N) is 2. The fraction of sp³-hybridized carbons (Fsp3) is 0.941. The van der Waals surface area contributed by atoms with E-state index in [9.17, 15) is 0 Å². The molecular formula is C17H37N2S+. The van der Waals surface area contributed by atoms with Gasteiger partial charge in [-0.05, 0) is 18.2 Å². The van der Waals surface area contributed by atoms with Crippen LogP contribution < -0.4 is 0 Å². The number of thioether (sulfide) groups is 1. The molecule has 0 saturated carbocycles. The highest BCUT2D eigenvalue weighted by Crippen LogP contribution is 2.13. The van der Waals surface area contributed by atoms with Crippen molar-refractivity contribution in [2.24, 2.45) is 0 Å². The van der Waals surface area contributed by atoms with E-state index in [1.807, 2.05) is 11.8 Å². The molecule has 0 saturated heterocycles. The minimum absolute atomic E-state index is 1.25. The lowest BCUT2D eigenvalue weighted by molar-refractivity contribution is -0.466. The van der Waals surface area contributed by atoms with Crippen LogP contribution in [0.4, 0.5) is 0 Å².